The Bertz CT molecular complexity index is 144. The molecule has 1 saturated heterocycles. The number of hydrogen-bond acceptors (Lipinski definition) is 3. The van der Waals surface area contributed by atoms with Crippen LogP contribution in [0, 0.1) is 5.92 Å². The van der Waals surface area contributed by atoms with Gasteiger partial charge in [0.1, 0.15) is 0 Å². The molecule has 0 aromatic carbocycles. The zero-order valence-corrected chi connectivity index (χ0v) is 9.50. The van der Waals surface area contributed by atoms with Crippen LogP contribution in [0.1, 0.15) is 26.7 Å². The fraction of sp³-hybridized carbons (Fsp3) is 1.00. The number of aliphatic hydroxyl groups excluding tert-OH is 1. The molecule has 0 aliphatic carbocycles. The highest BCUT2D eigenvalue weighted by atomic mass is 16.3. The van der Waals surface area contributed by atoms with E-state index in [1.54, 1.807) is 0 Å². The smallest absolute Gasteiger partial charge is 0.0636 e. The Balaban J connectivity index is 1.86. The van der Waals surface area contributed by atoms with Crippen LogP contribution >= 0.6 is 0 Å². The van der Waals surface area contributed by atoms with Crippen LogP contribution in [0.25, 0.3) is 0 Å². The van der Waals surface area contributed by atoms with E-state index in [4.69, 9.17) is 5.11 Å². The van der Waals surface area contributed by atoms with E-state index >= 15 is 0 Å². The molecule has 1 aliphatic heterocycles. The molecule has 0 bridgehead atoms. The normalized spacial score (nSPS) is 20.8. The Hall–Kier alpha value is -0.120. The molecule has 1 fully saturated rings. The Morgan fingerprint density at radius 2 is 2.21 bits per heavy atom. The van der Waals surface area contributed by atoms with Crippen molar-refractivity contribution in [3.05, 3.63) is 0 Å². The summed E-state index contributed by atoms with van der Waals surface area (Å²) in [6.07, 6.45) is 2.48. The average Bonchev–Trinajstić information content (AvgIpc) is 2.06. The summed E-state index contributed by atoms with van der Waals surface area (Å²) in [5, 5.41) is 12.3. The Labute approximate surface area is 87.5 Å². The largest absolute Gasteiger partial charge is 0.392 e. The topological polar surface area (TPSA) is 35.5 Å². The molecule has 2 N–H and O–H groups in total. The first kappa shape index (κ1) is 12.0. The molecular weight excluding hydrogens is 176 g/mol. The molecule has 0 aromatic heterocycles. The van der Waals surface area contributed by atoms with Crippen LogP contribution in [0.5, 0.6) is 0 Å². The number of aliphatic hydroxyl groups is 1. The summed E-state index contributed by atoms with van der Waals surface area (Å²) in [7, 11) is 0. The van der Waals surface area contributed by atoms with Crippen molar-refractivity contribution >= 4 is 0 Å². The molecule has 1 rings (SSSR count). The van der Waals surface area contributed by atoms with E-state index in [0.29, 0.717) is 6.54 Å². The van der Waals surface area contributed by atoms with Gasteiger partial charge >= 0.3 is 0 Å². The molecule has 3 nitrogen and oxygen atoms in total. The van der Waals surface area contributed by atoms with Crippen LogP contribution in [0.2, 0.25) is 0 Å². The molecule has 1 aliphatic rings. The molecule has 3 heteroatoms. The molecular formula is C11H24N2O. The lowest BCUT2D eigenvalue weighted by Gasteiger charge is -2.39. The molecule has 0 amide bonds. The molecule has 0 aromatic rings. The maximum Gasteiger partial charge on any atom is 0.0636 e. The van der Waals surface area contributed by atoms with E-state index in [0.717, 1.165) is 19.0 Å². The minimum absolute atomic E-state index is 0.223. The summed E-state index contributed by atoms with van der Waals surface area (Å²) in [5.74, 6) is 0.955. The maximum absolute atomic E-state index is 9.02. The molecule has 0 saturated carbocycles. The number of likely N-dealkylation sites (tertiary alicyclic amines) is 1. The fourth-order valence-electron chi connectivity index (χ4n) is 2.00. The molecule has 0 spiro atoms. The zero-order valence-electron chi connectivity index (χ0n) is 9.50. The monoisotopic (exact) mass is 200 g/mol. The van der Waals surface area contributed by atoms with Crippen LogP contribution in [0.4, 0.5) is 0 Å². The summed E-state index contributed by atoms with van der Waals surface area (Å²) in [5.41, 5.74) is 0. The second-order valence-corrected chi connectivity index (χ2v) is 4.47. The van der Waals surface area contributed by atoms with Gasteiger partial charge in [-0.3, -0.25) is 0 Å². The Morgan fingerprint density at radius 3 is 2.79 bits per heavy atom. The minimum Gasteiger partial charge on any atom is -0.392 e. The summed E-state index contributed by atoms with van der Waals surface area (Å²) in [6.45, 7) is 9.48. The predicted molar refractivity (Wildman–Crippen MR) is 59.4 cm³/mol. The van der Waals surface area contributed by atoms with Gasteiger partial charge in [-0.1, -0.05) is 13.3 Å². The summed E-state index contributed by atoms with van der Waals surface area (Å²) in [4.78, 5) is 2.48. The van der Waals surface area contributed by atoms with Gasteiger partial charge in [-0.05, 0) is 19.3 Å². The number of hydrogen-bond donors (Lipinski definition) is 2. The van der Waals surface area contributed by atoms with Gasteiger partial charge in [-0.25, -0.2) is 0 Å². The van der Waals surface area contributed by atoms with Crippen molar-refractivity contribution in [2.24, 2.45) is 5.92 Å². The van der Waals surface area contributed by atoms with Gasteiger partial charge in [0.25, 0.3) is 0 Å². The number of nitrogens with one attached hydrogen (secondary N) is 1. The maximum atomic E-state index is 9.02. The standard InChI is InChI=1S/C11H24N2O/c1-3-4-11-8-13(9-11)6-5-12-7-10(2)14/h10-12,14H,3-9H2,1-2H3. The van der Waals surface area contributed by atoms with E-state index in [1.807, 2.05) is 6.92 Å². The third-order valence-corrected chi connectivity index (χ3v) is 2.77. The van der Waals surface area contributed by atoms with E-state index in [2.05, 4.69) is 17.1 Å². The highest BCUT2D eigenvalue weighted by molar-refractivity contribution is 4.79. The second kappa shape index (κ2) is 6.38. The van der Waals surface area contributed by atoms with E-state index in [9.17, 15) is 0 Å². The van der Waals surface area contributed by atoms with Crippen LogP contribution in [0.3, 0.4) is 0 Å². The second-order valence-electron chi connectivity index (χ2n) is 4.47. The molecule has 1 heterocycles. The molecule has 84 valence electrons. The van der Waals surface area contributed by atoms with Gasteiger partial charge < -0.3 is 15.3 Å². The highest BCUT2D eigenvalue weighted by Gasteiger charge is 2.24. The average molecular weight is 200 g/mol. The molecule has 0 radical (unpaired) electrons. The van der Waals surface area contributed by atoms with Crippen molar-refractivity contribution in [2.45, 2.75) is 32.8 Å². The number of rotatable bonds is 7. The summed E-state index contributed by atoms with van der Waals surface area (Å²) < 4.78 is 0. The lowest BCUT2D eigenvalue weighted by atomic mass is 9.95. The first-order valence-electron chi connectivity index (χ1n) is 5.83. The highest BCUT2D eigenvalue weighted by Crippen LogP contribution is 2.19. The SMILES string of the molecule is CCCC1CN(CCNCC(C)O)C1. The van der Waals surface area contributed by atoms with Gasteiger partial charge in [0.15, 0.2) is 0 Å². The summed E-state index contributed by atoms with van der Waals surface area (Å²) in [6, 6.07) is 0. The van der Waals surface area contributed by atoms with Crippen molar-refractivity contribution in [3.8, 4) is 0 Å². The third kappa shape index (κ3) is 4.40. The molecule has 1 unspecified atom stereocenters. The van der Waals surface area contributed by atoms with Crippen molar-refractivity contribution in [3.63, 3.8) is 0 Å². The predicted octanol–water partition coefficient (Wildman–Crippen LogP) is 0.689. The first-order valence-corrected chi connectivity index (χ1v) is 5.83. The zero-order chi connectivity index (χ0) is 10.4. The lowest BCUT2D eigenvalue weighted by molar-refractivity contribution is 0.0933. The van der Waals surface area contributed by atoms with Gasteiger partial charge in [0.05, 0.1) is 6.10 Å². The first-order chi connectivity index (χ1) is 6.72. The van der Waals surface area contributed by atoms with Crippen molar-refractivity contribution in [2.75, 3.05) is 32.7 Å². The van der Waals surface area contributed by atoms with Crippen LogP contribution in [0.15, 0.2) is 0 Å². The van der Waals surface area contributed by atoms with Crippen LogP contribution in [-0.4, -0.2) is 48.8 Å². The fourth-order valence-corrected chi connectivity index (χ4v) is 2.00. The van der Waals surface area contributed by atoms with E-state index < -0.39 is 0 Å². The van der Waals surface area contributed by atoms with Gasteiger partial charge in [-0.2, -0.15) is 0 Å². The quantitative estimate of drug-likeness (QED) is 0.594. The van der Waals surface area contributed by atoms with E-state index in [1.165, 1.54) is 25.9 Å². The van der Waals surface area contributed by atoms with Crippen molar-refractivity contribution in [1.82, 2.24) is 10.2 Å². The van der Waals surface area contributed by atoms with Crippen LogP contribution in [-0.2, 0) is 0 Å². The summed E-state index contributed by atoms with van der Waals surface area (Å²) >= 11 is 0. The Morgan fingerprint density at radius 1 is 1.50 bits per heavy atom. The van der Waals surface area contributed by atoms with Gasteiger partial charge in [-0.15, -0.1) is 0 Å². The molecule has 14 heavy (non-hydrogen) atoms. The third-order valence-electron chi connectivity index (χ3n) is 2.77. The van der Waals surface area contributed by atoms with E-state index in [-0.39, 0.29) is 6.10 Å². The van der Waals surface area contributed by atoms with Crippen molar-refractivity contribution < 1.29 is 5.11 Å². The minimum atomic E-state index is -0.223. The van der Waals surface area contributed by atoms with Gasteiger partial charge in [0.2, 0.25) is 0 Å². The Kier molecular flexibility index (Phi) is 5.45. The van der Waals surface area contributed by atoms with Crippen molar-refractivity contribution in [1.29, 1.82) is 0 Å². The molecule has 1 atom stereocenters. The van der Waals surface area contributed by atoms with Gasteiger partial charge in [0, 0.05) is 32.7 Å². The number of nitrogens with zero attached hydrogens (tertiary/aromatic N) is 1. The van der Waals surface area contributed by atoms with Crippen LogP contribution < -0.4 is 5.32 Å². The lowest BCUT2D eigenvalue weighted by Crippen LogP contribution is -2.49.